The van der Waals surface area contributed by atoms with Crippen LogP contribution in [0.25, 0.3) is 5.57 Å². The summed E-state index contributed by atoms with van der Waals surface area (Å²) in [5.74, 6) is 0.246. The Hall–Kier alpha value is -3.00. The molecule has 7 nitrogen and oxygen atoms in total. The maximum atomic E-state index is 12.7. The van der Waals surface area contributed by atoms with Crippen LogP contribution in [0.5, 0.6) is 5.75 Å². The second-order valence-electron chi connectivity index (χ2n) is 7.61. The molecule has 2 aromatic carbocycles. The molecule has 0 atom stereocenters. The van der Waals surface area contributed by atoms with Gasteiger partial charge in [-0.05, 0) is 29.3 Å². The van der Waals surface area contributed by atoms with Crippen LogP contribution in [0.15, 0.2) is 59.1 Å². The van der Waals surface area contributed by atoms with Crippen molar-refractivity contribution in [1.82, 2.24) is 0 Å². The van der Waals surface area contributed by atoms with E-state index in [0.717, 1.165) is 22.3 Å². The monoisotopic (exact) mass is 423 g/mol. The fraction of sp³-hybridized carbons (Fsp3) is 0.333. The number of esters is 1. The average Bonchev–Trinajstić information content (AvgIpc) is 3.13. The summed E-state index contributed by atoms with van der Waals surface area (Å²) in [5, 5.41) is 10.6. The Kier molecular flexibility index (Phi) is 6.18. The third-order valence-corrected chi connectivity index (χ3v) is 5.76. The van der Waals surface area contributed by atoms with Crippen LogP contribution in [0.4, 0.5) is 0 Å². The normalized spacial score (nSPS) is 18.7. The van der Waals surface area contributed by atoms with Gasteiger partial charge in [0.25, 0.3) is 0 Å². The van der Waals surface area contributed by atoms with Gasteiger partial charge in [0.15, 0.2) is 0 Å². The highest BCUT2D eigenvalue weighted by Crippen LogP contribution is 2.40. The number of nitrogens with zero attached hydrogens (tertiary/aromatic N) is 2. The molecule has 2 aliphatic rings. The molecule has 0 amide bonds. The second-order valence-corrected chi connectivity index (χ2v) is 7.61. The number of benzene rings is 2. The van der Waals surface area contributed by atoms with E-state index in [1.807, 2.05) is 48.5 Å². The molecule has 0 bridgehead atoms. The molecule has 31 heavy (non-hydrogen) atoms. The number of methoxy groups -OCH3 is 1. The molecule has 1 N–H and O–H groups in total. The summed E-state index contributed by atoms with van der Waals surface area (Å²) in [5.41, 5.74) is 4.52. The molecule has 162 valence electrons. The van der Waals surface area contributed by atoms with Crippen LogP contribution in [0.1, 0.15) is 16.7 Å². The lowest BCUT2D eigenvalue weighted by molar-refractivity contribution is -1.11. The van der Waals surface area contributed by atoms with E-state index >= 15 is 0 Å². The SMILES string of the molecule is C/N=C1\C(C(=O)OC)=C(c2ccccc2)c2ccc(OCC[N+]3(O)CCOCC3)cc21. The van der Waals surface area contributed by atoms with E-state index in [9.17, 15) is 10.0 Å². The zero-order valence-electron chi connectivity index (χ0n) is 17.8. The Bertz CT molecular complexity index is 1020. The van der Waals surface area contributed by atoms with E-state index in [-0.39, 0.29) is 4.65 Å². The highest BCUT2D eigenvalue weighted by molar-refractivity contribution is 6.37. The lowest BCUT2D eigenvalue weighted by Crippen LogP contribution is -2.54. The summed E-state index contributed by atoms with van der Waals surface area (Å²) < 4.78 is 16.3. The third kappa shape index (κ3) is 4.25. The molecule has 2 aromatic rings. The van der Waals surface area contributed by atoms with Gasteiger partial charge in [0.05, 0.1) is 31.6 Å². The lowest BCUT2D eigenvalue weighted by Gasteiger charge is -2.33. The van der Waals surface area contributed by atoms with Crippen molar-refractivity contribution in [1.29, 1.82) is 0 Å². The molecule has 7 heteroatoms. The van der Waals surface area contributed by atoms with Crippen LogP contribution >= 0.6 is 0 Å². The number of hydrogen-bond acceptors (Lipinski definition) is 6. The topological polar surface area (TPSA) is 77.4 Å². The van der Waals surface area contributed by atoms with E-state index < -0.39 is 5.97 Å². The minimum absolute atomic E-state index is 0.0428. The first-order valence-electron chi connectivity index (χ1n) is 10.4. The number of morpholine rings is 1. The molecule has 1 saturated heterocycles. The lowest BCUT2D eigenvalue weighted by atomic mass is 9.97. The summed E-state index contributed by atoms with van der Waals surface area (Å²) in [4.78, 5) is 17.1. The summed E-state index contributed by atoms with van der Waals surface area (Å²) in [6.45, 7) is 3.08. The quantitative estimate of drug-likeness (QED) is 0.571. The van der Waals surface area contributed by atoms with Crippen molar-refractivity contribution in [3.05, 3.63) is 70.8 Å². The third-order valence-electron chi connectivity index (χ3n) is 5.76. The summed E-state index contributed by atoms with van der Waals surface area (Å²) in [7, 11) is 3.05. The molecular formula is C24H27N2O5+. The van der Waals surface area contributed by atoms with E-state index in [0.29, 0.717) is 56.5 Å². The van der Waals surface area contributed by atoms with Crippen LogP contribution in [0.3, 0.4) is 0 Å². The maximum Gasteiger partial charge on any atom is 0.340 e. The van der Waals surface area contributed by atoms with Crippen molar-refractivity contribution in [2.45, 2.75) is 0 Å². The number of quaternary nitrogens is 1. The first-order chi connectivity index (χ1) is 15.1. The minimum Gasteiger partial charge on any atom is -0.488 e. The van der Waals surface area contributed by atoms with Crippen molar-refractivity contribution >= 4 is 17.3 Å². The maximum absolute atomic E-state index is 12.7. The van der Waals surface area contributed by atoms with Crippen LogP contribution < -0.4 is 4.74 Å². The molecule has 1 heterocycles. The molecule has 0 aromatic heterocycles. The van der Waals surface area contributed by atoms with Gasteiger partial charge in [-0.25, -0.2) is 10.0 Å². The van der Waals surface area contributed by atoms with Crippen molar-refractivity contribution in [2.75, 3.05) is 53.6 Å². The van der Waals surface area contributed by atoms with Crippen LogP contribution in [-0.2, 0) is 14.3 Å². The molecule has 0 radical (unpaired) electrons. The molecule has 1 fully saturated rings. The summed E-state index contributed by atoms with van der Waals surface area (Å²) >= 11 is 0. The van der Waals surface area contributed by atoms with Crippen molar-refractivity contribution in [2.24, 2.45) is 4.99 Å². The number of rotatable bonds is 6. The first kappa shape index (κ1) is 21.2. The number of hydroxylamine groups is 3. The molecule has 0 unspecified atom stereocenters. The Morgan fingerprint density at radius 1 is 1.13 bits per heavy atom. The highest BCUT2D eigenvalue weighted by atomic mass is 16.6. The molecule has 1 aliphatic heterocycles. The van der Waals surface area contributed by atoms with Gasteiger partial charge in [-0.3, -0.25) is 4.99 Å². The number of aliphatic imine (C=N–C) groups is 1. The summed E-state index contributed by atoms with van der Waals surface area (Å²) in [6, 6.07) is 15.5. The Morgan fingerprint density at radius 2 is 1.87 bits per heavy atom. The van der Waals surface area contributed by atoms with Crippen molar-refractivity contribution in [3.63, 3.8) is 0 Å². The Morgan fingerprint density at radius 3 is 2.55 bits per heavy atom. The molecular weight excluding hydrogens is 396 g/mol. The van der Waals surface area contributed by atoms with Gasteiger partial charge < -0.3 is 14.2 Å². The molecule has 0 spiro atoms. The van der Waals surface area contributed by atoms with Gasteiger partial charge in [-0.15, -0.1) is 0 Å². The number of ether oxygens (including phenoxy) is 3. The van der Waals surface area contributed by atoms with Crippen LogP contribution in [0, 0.1) is 0 Å². The average molecular weight is 423 g/mol. The van der Waals surface area contributed by atoms with E-state index in [2.05, 4.69) is 4.99 Å². The zero-order chi connectivity index (χ0) is 21.8. The standard InChI is InChI=1S/C24H27N2O5/c1-25-23-20-16-18(31-15-12-26(28)10-13-30-14-11-26)8-9-19(20)21(22(23)24(27)29-2)17-6-4-3-5-7-17/h3-9,16,28H,10-15H2,1-2H3/q+1/b25-23-. The predicted octanol–water partition coefficient (Wildman–Crippen LogP) is 2.71. The predicted molar refractivity (Wildman–Crippen MR) is 116 cm³/mol. The van der Waals surface area contributed by atoms with Gasteiger partial charge in [-0.1, -0.05) is 30.3 Å². The zero-order valence-corrected chi connectivity index (χ0v) is 17.8. The van der Waals surface area contributed by atoms with Crippen LogP contribution in [0.2, 0.25) is 0 Å². The fourth-order valence-electron chi connectivity index (χ4n) is 4.09. The van der Waals surface area contributed by atoms with Gasteiger partial charge in [0.1, 0.15) is 32.0 Å². The Labute approximate surface area is 181 Å². The molecule has 4 rings (SSSR count). The second kappa shape index (κ2) is 9.01. The van der Waals surface area contributed by atoms with E-state index in [1.165, 1.54) is 7.11 Å². The molecule has 1 aliphatic carbocycles. The van der Waals surface area contributed by atoms with Gasteiger partial charge in [-0.2, -0.15) is 4.65 Å². The fourth-order valence-corrected chi connectivity index (χ4v) is 4.09. The highest BCUT2D eigenvalue weighted by Gasteiger charge is 2.34. The van der Waals surface area contributed by atoms with E-state index in [1.54, 1.807) is 7.05 Å². The van der Waals surface area contributed by atoms with Crippen molar-refractivity contribution < 1.29 is 28.9 Å². The van der Waals surface area contributed by atoms with Gasteiger partial charge in [0.2, 0.25) is 0 Å². The smallest absolute Gasteiger partial charge is 0.340 e. The largest absolute Gasteiger partial charge is 0.488 e. The van der Waals surface area contributed by atoms with Crippen LogP contribution in [-0.4, -0.2) is 75.1 Å². The summed E-state index contributed by atoms with van der Waals surface area (Å²) in [6.07, 6.45) is 0. The van der Waals surface area contributed by atoms with Crippen molar-refractivity contribution in [3.8, 4) is 5.75 Å². The molecule has 0 saturated carbocycles. The first-order valence-corrected chi connectivity index (χ1v) is 10.4. The van der Waals surface area contributed by atoms with Gasteiger partial charge >= 0.3 is 5.97 Å². The number of hydrogen-bond donors (Lipinski definition) is 1. The minimum atomic E-state index is -0.419. The number of fused-ring (bicyclic) bond motifs is 1. The Balaban J connectivity index is 1.62. The number of carbonyl (C=O) groups excluding carboxylic acids is 1. The van der Waals surface area contributed by atoms with E-state index in [4.69, 9.17) is 14.2 Å². The van der Waals surface area contributed by atoms with Gasteiger partial charge in [0, 0.05) is 18.2 Å². The number of carbonyl (C=O) groups is 1.